The van der Waals surface area contributed by atoms with Gasteiger partial charge in [-0.05, 0) is 72.3 Å². The van der Waals surface area contributed by atoms with Crippen LogP contribution in [0.25, 0.3) is 0 Å². The van der Waals surface area contributed by atoms with E-state index in [1.54, 1.807) is 6.92 Å². The molecular weight excluding hydrogens is 462 g/mol. The zero-order chi connectivity index (χ0) is 18.6. The summed E-state index contributed by atoms with van der Waals surface area (Å²) in [6.07, 6.45) is -0.574. The minimum absolute atomic E-state index is 0.120. The van der Waals surface area contributed by atoms with Gasteiger partial charge in [0.05, 0.1) is 22.9 Å². The average Bonchev–Trinajstić information content (AvgIpc) is 2.57. The Balaban J connectivity index is 2.33. The van der Waals surface area contributed by atoms with Gasteiger partial charge in [0.2, 0.25) is 0 Å². The fourth-order valence-corrected chi connectivity index (χ4v) is 2.81. The fraction of sp³-hybridized carbons (Fsp3) is 0.235. The molecule has 0 bridgehead atoms. The number of aliphatic hydroxyl groups excluding tert-OH is 1. The lowest BCUT2D eigenvalue weighted by Crippen LogP contribution is -2.30. The van der Waals surface area contributed by atoms with Crippen LogP contribution in [-0.2, 0) is 4.84 Å². The molecule has 0 saturated heterocycles. The number of carbonyl (C=O) groups excluding carboxylic acids is 1. The zero-order valence-corrected chi connectivity index (χ0v) is 16.5. The van der Waals surface area contributed by atoms with E-state index in [4.69, 9.17) is 21.5 Å². The second kappa shape index (κ2) is 8.79. The fourth-order valence-electron chi connectivity index (χ4n) is 2.00. The molecule has 0 aliphatic heterocycles. The molecule has 0 aromatic heterocycles. The van der Waals surface area contributed by atoms with Gasteiger partial charge in [0, 0.05) is 9.26 Å². The molecule has 2 aromatic carbocycles. The van der Waals surface area contributed by atoms with Gasteiger partial charge in [-0.25, -0.2) is 9.87 Å². The number of aryl methyl sites for hydroxylation is 1. The van der Waals surface area contributed by atoms with Crippen molar-refractivity contribution in [2.75, 3.05) is 11.9 Å². The molecule has 0 aliphatic carbocycles. The van der Waals surface area contributed by atoms with E-state index < -0.39 is 17.8 Å². The molecule has 2 rings (SSSR count). The first-order valence-electron chi connectivity index (χ1n) is 7.41. The molecule has 2 aromatic rings. The molecule has 0 heterocycles. The summed E-state index contributed by atoms with van der Waals surface area (Å²) in [5, 5.41) is 11.8. The Bertz CT molecular complexity index is 789. The zero-order valence-electron chi connectivity index (χ0n) is 13.6. The molecular formula is C17H17ClFIN2O3. The Labute approximate surface area is 163 Å². The van der Waals surface area contributed by atoms with Crippen LogP contribution in [0.15, 0.2) is 30.3 Å². The predicted molar refractivity (Wildman–Crippen MR) is 104 cm³/mol. The van der Waals surface area contributed by atoms with E-state index in [0.717, 1.165) is 20.9 Å². The van der Waals surface area contributed by atoms with Gasteiger partial charge >= 0.3 is 0 Å². The smallest absolute Gasteiger partial charge is 0.277 e. The maximum Gasteiger partial charge on any atom is 0.277 e. The van der Waals surface area contributed by atoms with E-state index in [1.165, 1.54) is 6.07 Å². The lowest BCUT2D eigenvalue weighted by atomic mass is 10.1. The van der Waals surface area contributed by atoms with Crippen molar-refractivity contribution in [3.63, 3.8) is 0 Å². The summed E-state index contributed by atoms with van der Waals surface area (Å²) < 4.78 is 15.0. The van der Waals surface area contributed by atoms with Crippen molar-refractivity contribution in [1.29, 1.82) is 0 Å². The lowest BCUT2D eigenvalue weighted by molar-refractivity contribution is -0.0303. The third-order valence-corrected chi connectivity index (χ3v) is 4.33. The molecule has 1 atom stereocenters. The summed E-state index contributed by atoms with van der Waals surface area (Å²) in [5.74, 6) is -1.25. The molecule has 0 saturated carbocycles. The topological polar surface area (TPSA) is 70.6 Å². The van der Waals surface area contributed by atoms with E-state index in [1.807, 2.05) is 25.1 Å². The van der Waals surface area contributed by atoms with Gasteiger partial charge < -0.3 is 10.4 Å². The number of anilines is 2. The van der Waals surface area contributed by atoms with Crippen molar-refractivity contribution in [2.45, 2.75) is 20.0 Å². The Kier molecular flexibility index (Phi) is 7.00. The predicted octanol–water partition coefficient (Wildman–Crippen LogP) is 4.18. The van der Waals surface area contributed by atoms with E-state index in [2.05, 4.69) is 33.4 Å². The first-order chi connectivity index (χ1) is 11.8. The summed E-state index contributed by atoms with van der Waals surface area (Å²) in [6.45, 7) is 3.24. The molecule has 1 unspecified atom stereocenters. The third kappa shape index (κ3) is 5.27. The first-order valence-corrected chi connectivity index (χ1v) is 8.86. The van der Waals surface area contributed by atoms with Gasteiger partial charge in [0.1, 0.15) is 11.9 Å². The Hall–Kier alpha value is -1.42. The number of rotatable bonds is 6. The normalized spacial score (nSPS) is 11.9. The van der Waals surface area contributed by atoms with Gasteiger partial charge in [-0.3, -0.25) is 9.63 Å². The summed E-state index contributed by atoms with van der Waals surface area (Å²) in [6, 6.07) is 8.08. The number of hydroxylamine groups is 1. The lowest BCUT2D eigenvalue weighted by Gasteiger charge is -2.16. The molecule has 0 aliphatic rings. The Morgan fingerprint density at radius 3 is 2.72 bits per heavy atom. The van der Waals surface area contributed by atoms with Gasteiger partial charge in [-0.1, -0.05) is 11.6 Å². The van der Waals surface area contributed by atoms with Gasteiger partial charge in [-0.2, -0.15) is 0 Å². The highest BCUT2D eigenvalue weighted by Crippen LogP contribution is 2.29. The number of nitrogens with one attached hydrogen (secondary N) is 2. The second-order valence-corrected chi connectivity index (χ2v) is 7.09. The van der Waals surface area contributed by atoms with E-state index in [9.17, 15) is 9.18 Å². The average molecular weight is 479 g/mol. The van der Waals surface area contributed by atoms with Crippen LogP contribution in [0.1, 0.15) is 22.8 Å². The molecule has 1 amide bonds. The highest BCUT2D eigenvalue weighted by molar-refractivity contribution is 14.1. The molecule has 0 radical (unpaired) electrons. The van der Waals surface area contributed by atoms with Crippen molar-refractivity contribution in [3.8, 4) is 0 Å². The highest BCUT2D eigenvalue weighted by atomic mass is 127. The number of carbonyl (C=O) groups is 1. The number of benzene rings is 2. The number of hydrogen-bond donors (Lipinski definition) is 3. The van der Waals surface area contributed by atoms with Gasteiger partial charge in [0.25, 0.3) is 5.91 Å². The maximum atomic E-state index is 13.9. The van der Waals surface area contributed by atoms with Crippen LogP contribution in [0.5, 0.6) is 0 Å². The number of halogens is 3. The quantitative estimate of drug-likeness (QED) is 0.430. The van der Waals surface area contributed by atoms with Crippen LogP contribution in [0.2, 0.25) is 5.02 Å². The molecule has 8 heteroatoms. The van der Waals surface area contributed by atoms with E-state index >= 15 is 0 Å². The SMILES string of the molecule is Cc1cc(I)ccc1Nc1cc(F)c(Cl)cc1C(=O)NOC(C)CO. The van der Waals surface area contributed by atoms with E-state index in [0.29, 0.717) is 0 Å². The van der Waals surface area contributed by atoms with Crippen molar-refractivity contribution in [1.82, 2.24) is 5.48 Å². The molecule has 25 heavy (non-hydrogen) atoms. The van der Waals surface area contributed by atoms with E-state index in [-0.39, 0.29) is 22.9 Å². The largest absolute Gasteiger partial charge is 0.394 e. The van der Waals surface area contributed by atoms with Gasteiger partial charge in [-0.15, -0.1) is 0 Å². The Morgan fingerprint density at radius 1 is 1.36 bits per heavy atom. The standard InChI is InChI=1S/C17H17ClFIN2O3/c1-9-5-11(20)3-4-15(9)21-16-7-14(19)13(18)6-12(16)17(24)22-25-10(2)8-23/h3-7,10,21,23H,8H2,1-2H3,(H,22,24). The van der Waals surface area contributed by atoms with Crippen molar-refractivity contribution in [2.24, 2.45) is 0 Å². The monoisotopic (exact) mass is 478 g/mol. The number of amides is 1. The first kappa shape index (κ1) is 19.9. The van der Waals surface area contributed by atoms with Crippen LogP contribution in [0.4, 0.5) is 15.8 Å². The highest BCUT2D eigenvalue weighted by Gasteiger charge is 2.17. The maximum absolute atomic E-state index is 13.9. The number of hydrogen-bond acceptors (Lipinski definition) is 4. The molecule has 0 fully saturated rings. The second-order valence-electron chi connectivity index (χ2n) is 5.44. The van der Waals surface area contributed by atoms with Crippen molar-refractivity contribution >= 4 is 51.5 Å². The minimum atomic E-state index is -0.645. The minimum Gasteiger partial charge on any atom is -0.394 e. The van der Waals surface area contributed by atoms with Crippen LogP contribution < -0.4 is 10.8 Å². The van der Waals surface area contributed by atoms with Crippen LogP contribution >= 0.6 is 34.2 Å². The van der Waals surface area contributed by atoms with Crippen LogP contribution in [-0.4, -0.2) is 23.7 Å². The molecule has 134 valence electrons. The third-order valence-electron chi connectivity index (χ3n) is 3.37. The van der Waals surface area contributed by atoms with Crippen LogP contribution in [0.3, 0.4) is 0 Å². The van der Waals surface area contributed by atoms with Crippen molar-refractivity contribution in [3.05, 3.63) is 55.9 Å². The summed E-state index contributed by atoms with van der Waals surface area (Å²) >= 11 is 8.00. The Morgan fingerprint density at radius 2 is 2.08 bits per heavy atom. The summed E-state index contributed by atoms with van der Waals surface area (Å²) in [5.41, 5.74) is 4.28. The summed E-state index contributed by atoms with van der Waals surface area (Å²) in [4.78, 5) is 17.3. The summed E-state index contributed by atoms with van der Waals surface area (Å²) in [7, 11) is 0. The molecule has 3 N–H and O–H groups in total. The number of aliphatic hydroxyl groups is 1. The molecule has 0 spiro atoms. The van der Waals surface area contributed by atoms with Crippen molar-refractivity contribution < 1.29 is 19.1 Å². The molecule has 5 nitrogen and oxygen atoms in total. The van der Waals surface area contributed by atoms with Crippen LogP contribution in [0, 0.1) is 16.3 Å². The van der Waals surface area contributed by atoms with Gasteiger partial charge in [0.15, 0.2) is 0 Å².